The summed E-state index contributed by atoms with van der Waals surface area (Å²) in [6.45, 7) is 2.06. The summed E-state index contributed by atoms with van der Waals surface area (Å²) in [6.07, 6.45) is 5.24. The van der Waals surface area contributed by atoms with Crippen LogP contribution in [0.3, 0.4) is 0 Å². The maximum atomic E-state index is 12.1. The van der Waals surface area contributed by atoms with Gasteiger partial charge in [0.1, 0.15) is 0 Å². The Kier molecular flexibility index (Phi) is 2.67. The van der Waals surface area contributed by atoms with Crippen LogP contribution in [0.1, 0.15) is 5.56 Å². The average molecular weight is 250 g/mol. The fourth-order valence-electron chi connectivity index (χ4n) is 2.27. The van der Waals surface area contributed by atoms with Gasteiger partial charge in [-0.2, -0.15) is 0 Å². The van der Waals surface area contributed by atoms with E-state index >= 15 is 0 Å². The van der Waals surface area contributed by atoms with Gasteiger partial charge in [0.15, 0.2) is 0 Å². The number of aromatic nitrogens is 2. The zero-order valence-corrected chi connectivity index (χ0v) is 10.9. The molecule has 0 unspecified atom stereocenters. The lowest BCUT2D eigenvalue weighted by atomic mass is 10.0. The highest BCUT2D eigenvalue weighted by Gasteiger charge is 2.08. The van der Waals surface area contributed by atoms with Gasteiger partial charge in [-0.25, -0.2) is 0 Å². The molecule has 19 heavy (non-hydrogen) atoms. The molecule has 0 aliphatic rings. The van der Waals surface area contributed by atoms with Crippen molar-refractivity contribution in [2.45, 2.75) is 6.92 Å². The number of hydrogen-bond acceptors (Lipinski definition) is 2. The van der Waals surface area contributed by atoms with Crippen molar-refractivity contribution in [2.24, 2.45) is 7.05 Å². The second kappa shape index (κ2) is 4.35. The van der Waals surface area contributed by atoms with Crippen molar-refractivity contribution in [3.8, 4) is 11.1 Å². The summed E-state index contributed by atoms with van der Waals surface area (Å²) in [5.74, 6) is 0. The van der Waals surface area contributed by atoms with Crippen LogP contribution in [0.4, 0.5) is 0 Å². The molecule has 3 nitrogen and oxygen atoms in total. The maximum Gasteiger partial charge on any atom is 0.259 e. The molecule has 0 radical (unpaired) electrons. The van der Waals surface area contributed by atoms with Gasteiger partial charge in [0, 0.05) is 31.2 Å². The van der Waals surface area contributed by atoms with Crippen molar-refractivity contribution in [3.05, 3.63) is 64.8 Å². The lowest BCUT2D eigenvalue weighted by molar-refractivity contribution is 0.874. The number of rotatable bonds is 1. The summed E-state index contributed by atoms with van der Waals surface area (Å²) in [5.41, 5.74) is 3.37. The van der Waals surface area contributed by atoms with Gasteiger partial charge in [0.25, 0.3) is 5.56 Å². The molecule has 3 aromatic rings. The molecule has 0 atom stereocenters. The van der Waals surface area contributed by atoms with Crippen LogP contribution >= 0.6 is 0 Å². The van der Waals surface area contributed by atoms with Gasteiger partial charge < -0.3 is 4.57 Å². The molecule has 2 heterocycles. The van der Waals surface area contributed by atoms with E-state index in [1.165, 1.54) is 5.56 Å². The Labute approximate surface area is 111 Å². The van der Waals surface area contributed by atoms with Crippen LogP contribution in [0.5, 0.6) is 0 Å². The molecule has 2 aromatic heterocycles. The van der Waals surface area contributed by atoms with Crippen molar-refractivity contribution < 1.29 is 0 Å². The monoisotopic (exact) mass is 250 g/mol. The first-order chi connectivity index (χ1) is 9.16. The van der Waals surface area contributed by atoms with Crippen molar-refractivity contribution in [3.63, 3.8) is 0 Å². The fourth-order valence-corrected chi connectivity index (χ4v) is 2.27. The minimum absolute atomic E-state index is 0.0149. The molecule has 3 heteroatoms. The molecule has 94 valence electrons. The Hall–Kier alpha value is -2.42. The third-order valence-corrected chi connectivity index (χ3v) is 3.35. The van der Waals surface area contributed by atoms with E-state index in [0.717, 1.165) is 16.5 Å². The summed E-state index contributed by atoms with van der Waals surface area (Å²) in [7, 11) is 1.77. The summed E-state index contributed by atoms with van der Waals surface area (Å²) >= 11 is 0. The van der Waals surface area contributed by atoms with Gasteiger partial charge in [-0.3, -0.25) is 9.78 Å². The molecule has 0 saturated heterocycles. The third-order valence-electron chi connectivity index (χ3n) is 3.35. The topological polar surface area (TPSA) is 34.9 Å². The number of fused-ring (bicyclic) bond motifs is 1. The molecule has 3 rings (SSSR count). The Bertz CT molecular complexity index is 801. The SMILES string of the molecule is Cc1ccc(-c2cn(C)c(=O)c3cnccc23)cc1. The predicted octanol–water partition coefficient (Wildman–Crippen LogP) is 2.91. The Morgan fingerprint density at radius 3 is 2.53 bits per heavy atom. The van der Waals surface area contributed by atoms with Crippen LogP contribution in [0.2, 0.25) is 0 Å². The molecule has 0 fully saturated rings. The molecule has 0 saturated carbocycles. The average Bonchev–Trinajstić information content (AvgIpc) is 2.44. The normalized spacial score (nSPS) is 10.8. The second-order valence-electron chi connectivity index (χ2n) is 4.75. The lowest BCUT2D eigenvalue weighted by Gasteiger charge is -2.09. The summed E-state index contributed by atoms with van der Waals surface area (Å²) < 4.78 is 1.61. The van der Waals surface area contributed by atoms with Crippen molar-refractivity contribution in [2.75, 3.05) is 0 Å². The lowest BCUT2D eigenvalue weighted by Crippen LogP contribution is -2.16. The highest BCUT2D eigenvalue weighted by molar-refractivity contribution is 5.95. The van der Waals surface area contributed by atoms with E-state index in [1.807, 2.05) is 12.3 Å². The first-order valence-corrected chi connectivity index (χ1v) is 6.17. The van der Waals surface area contributed by atoms with Crippen molar-refractivity contribution in [1.82, 2.24) is 9.55 Å². The maximum absolute atomic E-state index is 12.1. The minimum atomic E-state index is -0.0149. The quantitative estimate of drug-likeness (QED) is 0.665. The first-order valence-electron chi connectivity index (χ1n) is 6.17. The summed E-state index contributed by atoms with van der Waals surface area (Å²) in [6, 6.07) is 10.2. The molecule has 0 N–H and O–H groups in total. The molecule has 1 aromatic carbocycles. The summed E-state index contributed by atoms with van der Waals surface area (Å²) in [5, 5.41) is 1.60. The number of aryl methyl sites for hydroxylation is 2. The largest absolute Gasteiger partial charge is 0.317 e. The number of benzene rings is 1. The van der Waals surface area contributed by atoms with Crippen LogP contribution in [0, 0.1) is 6.92 Å². The van der Waals surface area contributed by atoms with Crippen LogP contribution < -0.4 is 5.56 Å². The number of hydrogen-bond donors (Lipinski definition) is 0. The Morgan fingerprint density at radius 1 is 1.05 bits per heavy atom. The molecular weight excluding hydrogens is 236 g/mol. The van der Waals surface area contributed by atoms with E-state index < -0.39 is 0 Å². The van der Waals surface area contributed by atoms with Crippen LogP contribution in [-0.2, 0) is 7.05 Å². The Morgan fingerprint density at radius 2 is 1.79 bits per heavy atom. The van der Waals surface area contributed by atoms with Crippen LogP contribution in [-0.4, -0.2) is 9.55 Å². The van der Waals surface area contributed by atoms with E-state index in [9.17, 15) is 4.79 Å². The smallest absolute Gasteiger partial charge is 0.259 e. The number of nitrogens with zero attached hydrogens (tertiary/aromatic N) is 2. The molecular formula is C16H14N2O. The molecule has 0 aliphatic heterocycles. The van der Waals surface area contributed by atoms with E-state index in [1.54, 1.807) is 24.0 Å². The molecule has 0 bridgehead atoms. The van der Waals surface area contributed by atoms with Gasteiger partial charge in [-0.05, 0) is 23.9 Å². The Balaban J connectivity index is 2.38. The standard InChI is InChI=1S/C16H14N2O/c1-11-3-5-12(6-4-11)15-10-18(2)16(19)14-9-17-8-7-13(14)15/h3-10H,1-2H3. The van der Waals surface area contributed by atoms with Gasteiger partial charge in [-0.15, -0.1) is 0 Å². The van der Waals surface area contributed by atoms with Crippen molar-refractivity contribution >= 4 is 10.8 Å². The number of pyridine rings is 2. The van der Waals surface area contributed by atoms with Crippen LogP contribution in [0.25, 0.3) is 21.9 Å². The second-order valence-corrected chi connectivity index (χ2v) is 4.75. The highest BCUT2D eigenvalue weighted by atomic mass is 16.1. The van der Waals surface area contributed by atoms with Gasteiger partial charge in [-0.1, -0.05) is 29.8 Å². The molecule has 0 amide bonds. The van der Waals surface area contributed by atoms with E-state index in [0.29, 0.717) is 5.39 Å². The van der Waals surface area contributed by atoms with Crippen molar-refractivity contribution in [1.29, 1.82) is 0 Å². The van der Waals surface area contributed by atoms with E-state index in [-0.39, 0.29) is 5.56 Å². The first kappa shape index (κ1) is 11.7. The fraction of sp³-hybridized carbons (Fsp3) is 0.125. The summed E-state index contributed by atoms with van der Waals surface area (Å²) in [4.78, 5) is 16.1. The highest BCUT2D eigenvalue weighted by Crippen LogP contribution is 2.26. The molecule has 0 aliphatic carbocycles. The van der Waals surface area contributed by atoms with Crippen LogP contribution in [0.15, 0.2) is 53.7 Å². The van der Waals surface area contributed by atoms with E-state index in [2.05, 4.69) is 36.2 Å². The predicted molar refractivity (Wildman–Crippen MR) is 77.2 cm³/mol. The van der Waals surface area contributed by atoms with Gasteiger partial charge >= 0.3 is 0 Å². The van der Waals surface area contributed by atoms with Gasteiger partial charge in [0.2, 0.25) is 0 Å². The molecule has 0 spiro atoms. The van der Waals surface area contributed by atoms with E-state index in [4.69, 9.17) is 0 Å². The zero-order chi connectivity index (χ0) is 13.4. The van der Waals surface area contributed by atoms with Gasteiger partial charge in [0.05, 0.1) is 5.39 Å². The third kappa shape index (κ3) is 1.93. The minimum Gasteiger partial charge on any atom is -0.317 e. The zero-order valence-electron chi connectivity index (χ0n) is 10.9.